The van der Waals surface area contributed by atoms with E-state index < -0.39 is 49.4 Å². The molecule has 1 N–H and O–H groups in total. The third kappa shape index (κ3) is 15.8. The van der Waals surface area contributed by atoms with Gasteiger partial charge in [0.1, 0.15) is 22.8 Å². The van der Waals surface area contributed by atoms with E-state index in [0.29, 0.717) is 46.3 Å². The summed E-state index contributed by atoms with van der Waals surface area (Å²) in [4.78, 5) is 55.9. The van der Waals surface area contributed by atoms with Gasteiger partial charge in [0.15, 0.2) is 8.32 Å². The van der Waals surface area contributed by atoms with Crippen molar-refractivity contribution in [2.45, 2.75) is 143 Å². The van der Waals surface area contributed by atoms with Crippen LogP contribution in [0, 0.1) is 11.6 Å². The first kappa shape index (κ1) is 53.7. The van der Waals surface area contributed by atoms with Crippen LogP contribution >= 0.6 is 31.9 Å². The lowest BCUT2D eigenvalue weighted by Gasteiger charge is -2.40. The van der Waals surface area contributed by atoms with E-state index in [9.17, 15) is 33.1 Å². The molecule has 2 aliphatic heterocycles. The molecule has 0 bridgehead atoms. The van der Waals surface area contributed by atoms with Crippen molar-refractivity contribution in [3.8, 4) is 0 Å². The summed E-state index contributed by atoms with van der Waals surface area (Å²) in [5.41, 5.74) is -0.382. The summed E-state index contributed by atoms with van der Waals surface area (Å²) in [6.45, 7) is 26.0. The highest BCUT2D eigenvalue weighted by atomic mass is 79.9. The molecule has 2 aromatic rings. The molecule has 0 spiro atoms. The number of rotatable bonds is 10. The summed E-state index contributed by atoms with van der Waals surface area (Å²) in [7, 11) is -2.09. The van der Waals surface area contributed by atoms with Crippen molar-refractivity contribution >= 4 is 75.6 Å². The van der Waals surface area contributed by atoms with Crippen LogP contribution in [-0.2, 0) is 23.5 Å². The molecule has 2 fully saturated rings. The van der Waals surface area contributed by atoms with Crippen LogP contribution in [0.4, 0.5) is 29.7 Å². The Morgan fingerprint density at radius 1 is 0.730 bits per heavy atom. The highest BCUT2D eigenvalue weighted by Crippen LogP contribution is 2.40. The van der Waals surface area contributed by atoms with Crippen LogP contribution < -0.4 is 9.80 Å². The molecule has 4 rings (SSSR count). The molecule has 63 heavy (non-hydrogen) atoms. The van der Waals surface area contributed by atoms with Crippen LogP contribution in [0.15, 0.2) is 69.6 Å². The largest absolute Gasteiger partial charge is 0.444 e. The van der Waals surface area contributed by atoms with E-state index in [1.807, 2.05) is 32.9 Å². The molecule has 350 valence electrons. The normalized spacial score (nSPS) is 19.6. The number of halogens is 4. The van der Waals surface area contributed by atoms with Gasteiger partial charge in [-0.25, -0.2) is 18.4 Å². The highest BCUT2D eigenvalue weighted by Gasteiger charge is 2.45. The average molecular weight is 1030 g/mol. The Morgan fingerprint density at radius 2 is 1.13 bits per heavy atom. The van der Waals surface area contributed by atoms with Crippen molar-refractivity contribution in [3.05, 3.63) is 81.3 Å². The van der Waals surface area contributed by atoms with E-state index >= 15 is 0 Å². The van der Waals surface area contributed by atoms with E-state index in [0.717, 1.165) is 0 Å². The Bertz CT molecular complexity index is 2000. The quantitative estimate of drug-likeness (QED) is 0.184. The zero-order chi connectivity index (χ0) is 47.8. The molecule has 4 atom stereocenters. The Labute approximate surface area is 390 Å². The second-order valence-electron chi connectivity index (χ2n) is 19.2. The van der Waals surface area contributed by atoms with Crippen LogP contribution in [0.2, 0.25) is 18.1 Å². The number of nitrogens with zero attached hydrogens (tertiary/aromatic N) is 4. The van der Waals surface area contributed by atoms with Crippen LogP contribution in [-0.4, -0.2) is 109 Å². The van der Waals surface area contributed by atoms with E-state index in [1.165, 1.54) is 58.9 Å². The van der Waals surface area contributed by atoms with Crippen molar-refractivity contribution < 1.29 is 47.0 Å². The maximum absolute atomic E-state index is 13.9. The van der Waals surface area contributed by atoms with Gasteiger partial charge in [-0.05, 0) is 141 Å². The van der Waals surface area contributed by atoms with Crippen LogP contribution in [0.5, 0.6) is 0 Å². The molecule has 2 heterocycles. The number of hydrogen-bond acceptors (Lipinski definition) is 8. The maximum atomic E-state index is 13.9. The minimum absolute atomic E-state index is 0.0235. The molecule has 2 aromatic carbocycles. The number of benzene rings is 2. The van der Waals surface area contributed by atoms with Crippen LogP contribution in [0.3, 0.4) is 0 Å². The van der Waals surface area contributed by atoms with E-state index in [1.54, 1.807) is 43.9 Å². The number of aliphatic hydroxyl groups excluding tert-OH is 1. The van der Waals surface area contributed by atoms with Crippen molar-refractivity contribution in [2.24, 2.45) is 0 Å². The first-order valence-corrected chi connectivity index (χ1v) is 25.6. The minimum Gasteiger partial charge on any atom is -0.444 e. The molecular formula is C46H66Br2F2N4O8Si. The minimum atomic E-state index is -2.09. The Hall–Kier alpha value is -3.64. The van der Waals surface area contributed by atoms with Gasteiger partial charge in [0.05, 0.1) is 35.7 Å². The lowest BCUT2D eigenvalue weighted by atomic mass is 10.1. The van der Waals surface area contributed by atoms with Crippen molar-refractivity contribution in [1.82, 2.24) is 9.80 Å². The topological polar surface area (TPSA) is 129 Å². The number of amides is 4. The molecule has 2 saturated heterocycles. The molecule has 0 saturated carbocycles. The molecular weight excluding hydrogens is 962 g/mol. The number of ether oxygens (including phenoxy) is 2. The van der Waals surface area contributed by atoms with Crippen molar-refractivity contribution in [3.63, 3.8) is 0 Å². The molecule has 4 amide bonds. The van der Waals surface area contributed by atoms with Gasteiger partial charge in [-0.2, -0.15) is 0 Å². The second-order valence-corrected chi connectivity index (χ2v) is 25.7. The molecule has 0 aliphatic carbocycles. The fourth-order valence-corrected chi connectivity index (χ4v) is 8.88. The first-order chi connectivity index (χ1) is 28.9. The summed E-state index contributed by atoms with van der Waals surface area (Å²) in [5.74, 6) is -1.35. The molecule has 0 unspecified atom stereocenters. The fourth-order valence-electron chi connectivity index (χ4n) is 6.59. The van der Waals surface area contributed by atoms with Crippen molar-refractivity contribution in [2.75, 3.05) is 36.0 Å². The van der Waals surface area contributed by atoms with Crippen molar-refractivity contribution in [1.29, 1.82) is 0 Å². The SMILES string of the molecule is CC(=O)N(C/C=C/[C@@H]1[C@@H](O)CCN1C(=O)OC(C)(C)C)c1cc(F)ccc1Br.CC(=O)N(C/C=C/[C@@H]1[C@@H](O[Si](C)(C)C(C)(C)C)CCN1C(=O)OC(C)(C)C)c1cc(F)ccc1Br. The van der Waals surface area contributed by atoms with Gasteiger partial charge in [-0.15, -0.1) is 0 Å². The number of likely N-dealkylation sites (tertiary alicyclic amines) is 2. The second kappa shape index (κ2) is 22.0. The average Bonchev–Trinajstić information content (AvgIpc) is 3.71. The molecule has 2 aliphatic rings. The smallest absolute Gasteiger partial charge is 0.410 e. The van der Waals surface area contributed by atoms with Gasteiger partial charge in [0.2, 0.25) is 11.8 Å². The lowest BCUT2D eigenvalue weighted by Crippen LogP contribution is -2.48. The number of carbonyl (C=O) groups excluding carboxylic acids is 4. The van der Waals surface area contributed by atoms with Gasteiger partial charge < -0.3 is 28.8 Å². The highest BCUT2D eigenvalue weighted by molar-refractivity contribution is 9.11. The number of hydrogen-bond donors (Lipinski definition) is 1. The lowest BCUT2D eigenvalue weighted by molar-refractivity contribution is -0.117. The van der Waals surface area contributed by atoms with E-state index in [2.05, 4.69) is 65.7 Å². The third-order valence-corrected chi connectivity index (χ3v) is 16.6. The van der Waals surface area contributed by atoms with Gasteiger partial charge >= 0.3 is 12.2 Å². The van der Waals surface area contributed by atoms with Crippen LogP contribution in [0.25, 0.3) is 0 Å². The number of anilines is 2. The summed E-state index contributed by atoms with van der Waals surface area (Å²) in [6.07, 6.45) is 6.51. The zero-order valence-electron chi connectivity index (χ0n) is 38.9. The summed E-state index contributed by atoms with van der Waals surface area (Å²) < 4.78 is 46.4. The molecule has 0 radical (unpaired) electrons. The molecule has 12 nitrogen and oxygen atoms in total. The van der Waals surface area contributed by atoms with Gasteiger partial charge in [0.25, 0.3) is 0 Å². The van der Waals surface area contributed by atoms with Gasteiger partial charge in [0, 0.05) is 49.0 Å². The maximum Gasteiger partial charge on any atom is 0.410 e. The summed E-state index contributed by atoms with van der Waals surface area (Å²) >= 11 is 6.74. The Balaban J connectivity index is 0.000000344. The summed E-state index contributed by atoms with van der Waals surface area (Å²) in [5, 5.41) is 10.3. The standard InChI is InChI=1S/C26H40BrFN2O4Si.C20H26BrFN2O4/c1-18(31)29(22-17-19(28)12-13-20(22)27)15-10-11-21-23(34-35(8,9)26(5,6)7)14-16-30(21)24(32)33-25(2,3)4;1-13(25)23(17-12-14(22)7-8-15(17)21)10-5-6-16-18(26)9-11-24(16)19(27)28-20(2,3)4/h10-13,17,21,23H,14-16H2,1-9H3;5-8,12,16,18,26H,9-11H2,1-4H3/b11-10+;6-5+/t21-,23+;16-,18+/m11/s1. The monoisotopic (exact) mass is 1030 g/mol. The fraction of sp³-hybridized carbons (Fsp3) is 0.565. The Kier molecular flexibility index (Phi) is 18.8. The third-order valence-electron chi connectivity index (χ3n) is 10.7. The predicted octanol–water partition coefficient (Wildman–Crippen LogP) is 10.8. The molecule has 17 heteroatoms. The molecule has 0 aromatic heterocycles. The van der Waals surface area contributed by atoms with Crippen LogP contribution in [0.1, 0.15) is 89.0 Å². The number of carbonyl (C=O) groups is 4. The predicted molar refractivity (Wildman–Crippen MR) is 253 cm³/mol. The van der Waals surface area contributed by atoms with E-state index in [-0.39, 0.29) is 48.2 Å². The Morgan fingerprint density at radius 3 is 1.52 bits per heavy atom. The first-order valence-electron chi connectivity index (χ1n) is 21.1. The summed E-state index contributed by atoms with van der Waals surface area (Å²) in [6, 6.07) is 7.48. The van der Waals surface area contributed by atoms with E-state index in [4.69, 9.17) is 13.9 Å². The zero-order valence-corrected chi connectivity index (χ0v) is 43.1. The van der Waals surface area contributed by atoms with Gasteiger partial charge in [-0.3, -0.25) is 19.4 Å². The number of aliphatic hydroxyl groups is 1. The van der Waals surface area contributed by atoms with Gasteiger partial charge in [-0.1, -0.05) is 45.1 Å².